The SMILES string of the molecule is COc1cccc([C@@H](C(=O)NC2CCCC2)N(C(=O)Cc2cccs2)c2ccccc2F)c1. The maximum Gasteiger partial charge on any atom is 0.248 e. The van der Waals surface area contributed by atoms with Crippen LogP contribution >= 0.6 is 11.3 Å². The number of thiophene rings is 1. The predicted molar refractivity (Wildman–Crippen MR) is 128 cm³/mol. The molecule has 0 saturated heterocycles. The van der Waals surface area contributed by atoms with Crippen molar-refractivity contribution in [1.82, 2.24) is 5.32 Å². The summed E-state index contributed by atoms with van der Waals surface area (Å²) in [7, 11) is 1.54. The maximum atomic E-state index is 15.0. The number of anilines is 1. The number of ether oxygens (including phenoxy) is 1. The normalized spacial score (nSPS) is 14.6. The zero-order chi connectivity index (χ0) is 23.2. The Morgan fingerprint density at radius 3 is 2.61 bits per heavy atom. The van der Waals surface area contributed by atoms with Gasteiger partial charge in [-0.05, 0) is 54.1 Å². The lowest BCUT2D eigenvalue weighted by Crippen LogP contribution is -2.47. The van der Waals surface area contributed by atoms with Gasteiger partial charge in [0.1, 0.15) is 17.6 Å². The first-order chi connectivity index (χ1) is 16.1. The van der Waals surface area contributed by atoms with Crippen LogP contribution in [0.2, 0.25) is 0 Å². The Morgan fingerprint density at radius 1 is 1.12 bits per heavy atom. The first-order valence-electron chi connectivity index (χ1n) is 11.1. The summed E-state index contributed by atoms with van der Waals surface area (Å²) in [5.41, 5.74) is 0.640. The lowest BCUT2D eigenvalue weighted by molar-refractivity contribution is -0.127. The van der Waals surface area contributed by atoms with E-state index in [9.17, 15) is 9.59 Å². The highest BCUT2D eigenvalue weighted by Crippen LogP contribution is 2.33. The van der Waals surface area contributed by atoms with Crippen molar-refractivity contribution in [1.29, 1.82) is 0 Å². The minimum atomic E-state index is -1.04. The zero-order valence-corrected chi connectivity index (χ0v) is 19.3. The number of rotatable bonds is 8. The first-order valence-corrected chi connectivity index (χ1v) is 12.0. The number of benzene rings is 2. The topological polar surface area (TPSA) is 58.6 Å². The standard InChI is InChI=1S/C26H27FN2O3S/c1-32-20-11-6-8-18(16-20)25(26(31)28-19-9-2-3-10-19)29(23-14-5-4-13-22(23)27)24(30)17-21-12-7-15-33-21/h4-8,11-16,19,25H,2-3,9-10,17H2,1H3,(H,28,31)/t25-/m0/s1. The molecule has 33 heavy (non-hydrogen) atoms. The second kappa shape index (κ2) is 10.6. The largest absolute Gasteiger partial charge is 0.497 e. The molecule has 5 nitrogen and oxygen atoms in total. The van der Waals surface area contributed by atoms with Crippen molar-refractivity contribution >= 4 is 28.8 Å². The summed E-state index contributed by atoms with van der Waals surface area (Å²) in [6, 6.07) is 15.9. The molecule has 1 aromatic heterocycles. The number of para-hydroxylation sites is 1. The van der Waals surface area contributed by atoms with Gasteiger partial charge >= 0.3 is 0 Å². The summed E-state index contributed by atoms with van der Waals surface area (Å²) < 4.78 is 20.4. The minimum absolute atomic E-state index is 0.0560. The van der Waals surface area contributed by atoms with E-state index in [1.54, 1.807) is 43.5 Å². The van der Waals surface area contributed by atoms with Gasteiger partial charge in [-0.2, -0.15) is 0 Å². The lowest BCUT2D eigenvalue weighted by Gasteiger charge is -2.32. The Labute approximate surface area is 197 Å². The molecule has 1 fully saturated rings. The molecule has 4 rings (SSSR count). The molecule has 1 aliphatic carbocycles. The number of amides is 2. The van der Waals surface area contributed by atoms with E-state index in [4.69, 9.17) is 4.74 Å². The van der Waals surface area contributed by atoms with E-state index in [0.717, 1.165) is 30.6 Å². The fourth-order valence-corrected chi connectivity index (χ4v) is 4.99. The fourth-order valence-electron chi connectivity index (χ4n) is 4.29. The van der Waals surface area contributed by atoms with Gasteiger partial charge in [0.25, 0.3) is 0 Å². The third-order valence-corrected chi connectivity index (χ3v) is 6.78. The Hall–Kier alpha value is -3.19. The van der Waals surface area contributed by atoms with Crippen LogP contribution in [0.5, 0.6) is 5.75 Å². The Bertz CT molecular complexity index is 1100. The third-order valence-electron chi connectivity index (χ3n) is 5.90. The minimum Gasteiger partial charge on any atom is -0.497 e. The average Bonchev–Trinajstić information content (AvgIpc) is 3.52. The van der Waals surface area contributed by atoms with Crippen LogP contribution in [0.4, 0.5) is 10.1 Å². The number of carbonyl (C=O) groups excluding carboxylic acids is 2. The summed E-state index contributed by atoms with van der Waals surface area (Å²) in [5, 5.41) is 5.00. The van der Waals surface area contributed by atoms with Crippen molar-refractivity contribution in [2.24, 2.45) is 0 Å². The molecular formula is C26H27FN2O3S. The molecule has 0 aliphatic heterocycles. The van der Waals surface area contributed by atoms with Crippen LogP contribution in [0.1, 0.15) is 42.2 Å². The quantitative estimate of drug-likeness (QED) is 0.492. The molecule has 3 aromatic rings. The van der Waals surface area contributed by atoms with E-state index in [-0.39, 0.29) is 30.0 Å². The second-order valence-corrected chi connectivity index (χ2v) is 9.17. The van der Waals surface area contributed by atoms with Gasteiger partial charge in [-0.15, -0.1) is 11.3 Å². The molecule has 0 unspecified atom stereocenters. The summed E-state index contributed by atoms with van der Waals surface area (Å²) in [4.78, 5) is 29.4. The number of hydrogen-bond acceptors (Lipinski definition) is 4. The summed E-state index contributed by atoms with van der Waals surface area (Å²) in [5.74, 6) is -0.668. The van der Waals surface area contributed by atoms with Gasteiger partial charge < -0.3 is 10.1 Å². The highest BCUT2D eigenvalue weighted by molar-refractivity contribution is 7.10. The number of nitrogens with zero attached hydrogens (tertiary/aromatic N) is 1. The van der Waals surface area contributed by atoms with Gasteiger partial charge in [-0.1, -0.05) is 43.2 Å². The van der Waals surface area contributed by atoms with Gasteiger partial charge in [-0.25, -0.2) is 4.39 Å². The van der Waals surface area contributed by atoms with Crippen LogP contribution in [0.3, 0.4) is 0 Å². The number of halogens is 1. The fraction of sp³-hybridized carbons (Fsp3) is 0.308. The van der Waals surface area contributed by atoms with Gasteiger partial charge in [0.2, 0.25) is 11.8 Å². The van der Waals surface area contributed by atoms with Gasteiger partial charge in [0.05, 0.1) is 19.2 Å². The van der Waals surface area contributed by atoms with Crippen LogP contribution in [-0.2, 0) is 16.0 Å². The van der Waals surface area contributed by atoms with E-state index in [1.165, 1.54) is 28.4 Å². The second-order valence-electron chi connectivity index (χ2n) is 8.14. The molecule has 7 heteroatoms. The molecule has 0 radical (unpaired) electrons. The third kappa shape index (κ3) is 5.42. The Balaban J connectivity index is 1.79. The highest BCUT2D eigenvalue weighted by Gasteiger charge is 2.35. The molecule has 2 aromatic carbocycles. The van der Waals surface area contributed by atoms with Gasteiger partial charge in [0.15, 0.2) is 0 Å². The van der Waals surface area contributed by atoms with Crippen LogP contribution < -0.4 is 15.0 Å². The number of methoxy groups -OCH3 is 1. The molecule has 1 N–H and O–H groups in total. The lowest BCUT2D eigenvalue weighted by atomic mass is 10.0. The van der Waals surface area contributed by atoms with Crippen molar-refractivity contribution in [3.8, 4) is 5.75 Å². The first kappa shape index (κ1) is 23.0. The zero-order valence-electron chi connectivity index (χ0n) is 18.5. The maximum absolute atomic E-state index is 15.0. The molecular weight excluding hydrogens is 439 g/mol. The van der Waals surface area contributed by atoms with Crippen molar-refractivity contribution in [2.75, 3.05) is 12.0 Å². The van der Waals surface area contributed by atoms with E-state index < -0.39 is 11.9 Å². The summed E-state index contributed by atoms with van der Waals surface area (Å²) in [6.45, 7) is 0. The Morgan fingerprint density at radius 2 is 1.91 bits per heavy atom. The van der Waals surface area contributed by atoms with Crippen LogP contribution in [-0.4, -0.2) is 25.0 Å². The molecule has 1 saturated carbocycles. The smallest absolute Gasteiger partial charge is 0.248 e. The van der Waals surface area contributed by atoms with E-state index in [1.807, 2.05) is 17.5 Å². The van der Waals surface area contributed by atoms with Crippen molar-refractivity contribution in [3.63, 3.8) is 0 Å². The number of nitrogens with one attached hydrogen (secondary N) is 1. The molecule has 0 bridgehead atoms. The number of carbonyl (C=O) groups is 2. The van der Waals surface area contributed by atoms with Crippen LogP contribution in [0.15, 0.2) is 66.0 Å². The Kier molecular flexibility index (Phi) is 7.40. The molecule has 172 valence electrons. The van der Waals surface area contributed by atoms with E-state index in [2.05, 4.69) is 5.32 Å². The van der Waals surface area contributed by atoms with E-state index in [0.29, 0.717) is 11.3 Å². The van der Waals surface area contributed by atoms with Crippen molar-refractivity contribution < 1.29 is 18.7 Å². The predicted octanol–water partition coefficient (Wildman–Crippen LogP) is 5.27. The molecule has 1 aliphatic rings. The summed E-state index contributed by atoms with van der Waals surface area (Å²) >= 11 is 1.45. The molecule has 1 heterocycles. The molecule has 1 atom stereocenters. The van der Waals surface area contributed by atoms with Crippen LogP contribution in [0.25, 0.3) is 0 Å². The average molecular weight is 467 g/mol. The van der Waals surface area contributed by atoms with Gasteiger partial charge in [0, 0.05) is 10.9 Å². The monoisotopic (exact) mass is 466 g/mol. The molecule has 2 amide bonds. The van der Waals surface area contributed by atoms with E-state index >= 15 is 4.39 Å². The molecule has 0 spiro atoms. The van der Waals surface area contributed by atoms with Crippen molar-refractivity contribution in [2.45, 2.75) is 44.2 Å². The highest BCUT2D eigenvalue weighted by atomic mass is 32.1. The van der Waals surface area contributed by atoms with Crippen molar-refractivity contribution in [3.05, 3.63) is 82.3 Å². The number of hydrogen-bond donors (Lipinski definition) is 1. The van der Waals surface area contributed by atoms with Gasteiger partial charge in [-0.3, -0.25) is 14.5 Å². The summed E-state index contributed by atoms with van der Waals surface area (Å²) in [6.07, 6.45) is 3.99. The van der Waals surface area contributed by atoms with Crippen LogP contribution in [0, 0.1) is 5.82 Å².